The van der Waals surface area contributed by atoms with Crippen molar-refractivity contribution in [3.63, 3.8) is 0 Å². The maximum Gasteiger partial charge on any atom is 0.256 e. The van der Waals surface area contributed by atoms with Crippen LogP contribution in [-0.4, -0.2) is 46.2 Å². The largest absolute Gasteiger partial charge is 0.382 e. The van der Waals surface area contributed by atoms with Crippen molar-refractivity contribution in [1.29, 1.82) is 0 Å². The molecule has 2 aliphatic rings. The summed E-state index contributed by atoms with van der Waals surface area (Å²) in [4.78, 5) is 24.3. The van der Waals surface area contributed by atoms with Crippen LogP contribution in [0.25, 0.3) is 22.4 Å². The van der Waals surface area contributed by atoms with Crippen molar-refractivity contribution < 1.29 is 9.53 Å². The Morgan fingerprint density at radius 3 is 2.51 bits per heavy atom. The van der Waals surface area contributed by atoms with Gasteiger partial charge in [-0.05, 0) is 60.4 Å². The average Bonchev–Trinajstić information content (AvgIpc) is 3.13. The predicted octanol–water partition coefficient (Wildman–Crippen LogP) is 3.12. The Bertz CT molecular complexity index is 1380. The van der Waals surface area contributed by atoms with Crippen LogP contribution in [0, 0.1) is 6.92 Å². The summed E-state index contributed by atoms with van der Waals surface area (Å²) < 4.78 is 5.46. The monoisotopic (exact) mass is 497 g/mol. The van der Waals surface area contributed by atoms with E-state index < -0.39 is 5.54 Å². The Kier molecular flexibility index (Phi) is 6.73. The lowest BCUT2D eigenvalue weighted by atomic mass is 9.90. The van der Waals surface area contributed by atoms with Crippen LogP contribution in [0.5, 0.6) is 0 Å². The van der Waals surface area contributed by atoms with E-state index in [-0.39, 0.29) is 11.7 Å². The Morgan fingerprint density at radius 2 is 1.81 bits per heavy atom. The number of nitrogens with one attached hydrogen (secondary N) is 1. The van der Waals surface area contributed by atoms with Crippen LogP contribution in [0.2, 0.25) is 0 Å². The van der Waals surface area contributed by atoms with Gasteiger partial charge in [0.25, 0.3) is 5.91 Å². The maximum absolute atomic E-state index is 13.3. The summed E-state index contributed by atoms with van der Waals surface area (Å²) in [6.07, 6.45) is 3.07. The lowest BCUT2D eigenvalue weighted by molar-refractivity contribution is -0.134. The van der Waals surface area contributed by atoms with Gasteiger partial charge in [0.2, 0.25) is 0 Å². The number of aliphatic imine (C=N–C) groups is 1. The normalized spacial score (nSPS) is 17.3. The number of carbonyl (C=O) groups is 1. The molecule has 0 radical (unpaired) electrons. The standard InChI is InChI=1S/C28H31N7O2/c1-18-9-12-31-25(15-18)22-7-8-23(26(29)33-34-30)24(16-22)21-5-3-20(4-6-21)17-35-19(2)32-28(27(35)36)10-13-37-14-11-28/h3-9,12,15-16,34H,10-11,13-14,17,30H2,1-2H3,(H2,29,33). The highest BCUT2D eigenvalue weighted by molar-refractivity contribution is 6.07. The summed E-state index contributed by atoms with van der Waals surface area (Å²) in [5.74, 6) is 6.49. The van der Waals surface area contributed by atoms with Crippen molar-refractivity contribution in [1.82, 2.24) is 15.4 Å². The maximum atomic E-state index is 13.3. The highest BCUT2D eigenvalue weighted by atomic mass is 16.5. The highest BCUT2D eigenvalue weighted by Gasteiger charge is 2.47. The molecule has 1 amide bonds. The molecule has 5 N–H and O–H groups in total. The molecule has 9 heteroatoms. The molecule has 3 heterocycles. The number of amidine groups is 2. The zero-order valence-corrected chi connectivity index (χ0v) is 21.1. The summed E-state index contributed by atoms with van der Waals surface area (Å²) in [7, 11) is 0. The fourth-order valence-electron chi connectivity index (χ4n) is 5.00. The van der Waals surface area contributed by atoms with Crippen LogP contribution in [0.4, 0.5) is 0 Å². The first-order valence-corrected chi connectivity index (χ1v) is 12.3. The number of hydrogen-bond acceptors (Lipinski definition) is 7. The minimum absolute atomic E-state index is 0.0660. The number of amides is 1. The molecule has 0 saturated carbocycles. The number of hydrazine groups is 1. The third-order valence-electron chi connectivity index (χ3n) is 7.03. The zero-order chi connectivity index (χ0) is 26.0. The molecule has 9 nitrogen and oxygen atoms in total. The van der Waals surface area contributed by atoms with Crippen LogP contribution < -0.4 is 17.1 Å². The first kappa shape index (κ1) is 24.6. The van der Waals surface area contributed by atoms with Gasteiger partial charge in [-0.25, -0.2) is 11.4 Å². The zero-order valence-electron chi connectivity index (χ0n) is 21.1. The molecule has 2 aliphatic heterocycles. The van der Waals surface area contributed by atoms with Crippen molar-refractivity contribution >= 4 is 17.6 Å². The van der Waals surface area contributed by atoms with E-state index in [4.69, 9.17) is 21.3 Å². The third-order valence-corrected chi connectivity index (χ3v) is 7.03. The van der Waals surface area contributed by atoms with Gasteiger partial charge in [-0.3, -0.25) is 19.7 Å². The van der Waals surface area contributed by atoms with Gasteiger partial charge in [0.05, 0.1) is 12.2 Å². The lowest BCUT2D eigenvalue weighted by Crippen LogP contribution is -2.45. The summed E-state index contributed by atoms with van der Waals surface area (Å²) in [6.45, 7) is 5.55. The third kappa shape index (κ3) is 4.83. The van der Waals surface area contributed by atoms with Crippen molar-refractivity contribution in [2.75, 3.05) is 13.2 Å². The predicted molar refractivity (Wildman–Crippen MR) is 144 cm³/mol. The summed E-state index contributed by atoms with van der Waals surface area (Å²) in [6, 6.07) is 18.1. The van der Waals surface area contributed by atoms with E-state index in [1.807, 2.05) is 62.4 Å². The quantitative estimate of drug-likeness (QED) is 0.208. The van der Waals surface area contributed by atoms with E-state index in [2.05, 4.69) is 21.7 Å². The lowest BCUT2D eigenvalue weighted by Gasteiger charge is -2.29. The van der Waals surface area contributed by atoms with Gasteiger partial charge in [0.15, 0.2) is 5.84 Å². The molecular weight excluding hydrogens is 466 g/mol. The number of aromatic nitrogens is 1. The van der Waals surface area contributed by atoms with E-state index in [0.717, 1.165) is 44.9 Å². The van der Waals surface area contributed by atoms with Crippen LogP contribution in [-0.2, 0) is 16.1 Å². The van der Waals surface area contributed by atoms with Gasteiger partial charge in [-0.2, -0.15) is 0 Å². The number of nitrogens with zero attached hydrogens (tertiary/aromatic N) is 4. The molecule has 3 aromatic rings. The average molecular weight is 498 g/mol. The molecule has 0 bridgehead atoms. The van der Waals surface area contributed by atoms with Crippen LogP contribution in [0.1, 0.15) is 36.5 Å². The number of hydrazone groups is 1. The molecule has 5 rings (SSSR count). The second-order valence-electron chi connectivity index (χ2n) is 9.50. The molecule has 0 unspecified atom stereocenters. The Hall–Kier alpha value is -4.08. The molecule has 37 heavy (non-hydrogen) atoms. The van der Waals surface area contributed by atoms with Crippen LogP contribution in [0.15, 0.2) is 70.9 Å². The molecule has 0 atom stereocenters. The van der Waals surface area contributed by atoms with E-state index in [9.17, 15) is 4.79 Å². The van der Waals surface area contributed by atoms with Gasteiger partial charge in [0, 0.05) is 43.4 Å². The van der Waals surface area contributed by atoms with Crippen LogP contribution in [0.3, 0.4) is 0 Å². The molecule has 2 aromatic carbocycles. The first-order chi connectivity index (χ1) is 17.9. The number of rotatable bonds is 6. The van der Waals surface area contributed by atoms with E-state index >= 15 is 0 Å². The topological polar surface area (TPSA) is 131 Å². The second-order valence-corrected chi connectivity index (χ2v) is 9.50. The Balaban J connectivity index is 1.44. The SMILES string of the molecule is CC1=NC2(CCOCC2)C(=O)N1Cc1ccc(-c2cc(-c3cc(C)ccn3)ccc2/C(N)=N/NN)cc1. The Morgan fingerprint density at radius 1 is 1.08 bits per heavy atom. The summed E-state index contributed by atoms with van der Waals surface area (Å²) in [5.41, 5.74) is 14.4. The molecule has 0 aliphatic carbocycles. The summed E-state index contributed by atoms with van der Waals surface area (Å²) in [5, 5.41) is 3.98. The number of benzene rings is 2. The highest BCUT2D eigenvalue weighted by Crippen LogP contribution is 2.34. The molecule has 1 aromatic heterocycles. The van der Waals surface area contributed by atoms with E-state index in [0.29, 0.717) is 32.6 Å². The number of hydrogen-bond donors (Lipinski definition) is 3. The number of aryl methyl sites for hydroxylation is 1. The first-order valence-electron chi connectivity index (χ1n) is 12.3. The smallest absolute Gasteiger partial charge is 0.256 e. The van der Waals surface area contributed by atoms with E-state index in [1.165, 1.54) is 0 Å². The van der Waals surface area contributed by atoms with Crippen molar-refractivity contribution in [3.05, 3.63) is 77.5 Å². The fourth-order valence-corrected chi connectivity index (χ4v) is 5.00. The minimum atomic E-state index is -0.657. The molecular formula is C28H31N7O2. The number of ether oxygens (including phenoxy) is 1. The molecule has 1 fully saturated rings. The Labute approximate surface area is 216 Å². The van der Waals surface area contributed by atoms with Crippen LogP contribution >= 0.6 is 0 Å². The van der Waals surface area contributed by atoms with Gasteiger partial charge >= 0.3 is 0 Å². The second kappa shape index (κ2) is 10.1. The molecule has 1 spiro atoms. The number of pyridine rings is 1. The number of nitrogens with two attached hydrogens (primary N) is 2. The molecule has 1 saturated heterocycles. The summed E-state index contributed by atoms with van der Waals surface area (Å²) >= 11 is 0. The molecule has 190 valence electrons. The van der Waals surface area contributed by atoms with Crippen molar-refractivity contribution in [2.24, 2.45) is 21.7 Å². The van der Waals surface area contributed by atoms with Gasteiger partial charge in [0.1, 0.15) is 11.4 Å². The van der Waals surface area contributed by atoms with Crippen molar-refractivity contribution in [2.45, 2.75) is 38.8 Å². The minimum Gasteiger partial charge on any atom is -0.382 e. The van der Waals surface area contributed by atoms with Gasteiger partial charge in [-0.1, -0.05) is 30.3 Å². The van der Waals surface area contributed by atoms with Gasteiger partial charge < -0.3 is 10.5 Å². The fraction of sp³-hybridized carbons (Fsp3) is 0.286. The number of carbonyl (C=O) groups excluding carboxylic acids is 1. The van der Waals surface area contributed by atoms with Gasteiger partial charge in [-0.15, -0.1) is 5.10 Å². The van der Waals surface area contributed by atoms with Crippen molar-refractivity contribution in [3.8, 4) is 22.4 Å². The van der Waals surface area contributed by atoms with E-state index in [1.54, 1.807) is 11.1 Å².